The van der Waals surface area contributed by atoms with Gasteiger partial charge in [-0.1, -0.05) is 6.92 Å². The number of rotatable bonds is 3. The van der Waals surface area contributed by atoms with Crippen LogP contribution < -0.4 is 4.90 Å². The van der Waals surface area contributed by atoms with Crippen molar-refractivity contribution in [1.82, 2.24) is 19.9 Å². The normalized spacial score (nSPS) is 15.7. The average molecular weight is 337 g/mol. The van der Waals surface area contributed by atoms with Gasteiger partial charge in [-0.05, 0) is 43.5 Å². The fourth-order valence-electron chi connectivity index (χ4n) is 3.44. The predicted octanol–water partition coefficient (Wildman–Crippen LogP) is 3.51. The van der Waals surface area contributed by atoms with Gasteiger partial charge < -0.3 is 4.90 Å². The van der Waals surface area contributed by atoms with Crippen molar-refractivity contribution in [2.24, 2.45) is 0 Å². The average Bonchev–Trinajstić information content (AvgIpc) is 2.68. The monoisotopic (exact) mass is 337 g/mol. The maximum Gasteiger partial charge on any atom is 0.187 e. The van der Waals surface area contributed by atoms with Gasteiger partial charge in [0.2, 0.25) is 0 Å². The zero-order chi connectivity index (χ0) is 17.2. The molecule has 4 heterocycles. The second-order valence-corrected chi connectivity index (χ2v) is 6.36. The zero-order valence-corrected chi connectivity index (χ0v) is 14.2. The zero-order valence-electron chi connectivity index (χ0n) is 14.2. The van der Waals surface area contributed by atoms with Gasteiger partial charge in [0, 0.05) is 36.3 Å². The molecule has 0 unspecified atom stereocenters. The summed E-state index contributed by atoms with van der Waals surface area (Å²) in [5, 5.41) is 1.05. The molecule has 1 saturated heterocycles. The van der Waals surface area contributed by atoms with Crippen LogP contribution in [0.2, 0.25) is 0 Å². The summed E-state index contributed by atoms with van der Waals surface area (Å²) in [6.07, 6.45) is 5.66. The number of anilines is 1. The quantitative estimate of drug-likeness (QED) is 0.732. The molecule has 128 valence electrons. The third-order valence-electron chi connectivity index (χ3n) is 4.88. The van der Waals surface area contributed by atoms with Crippen LogP contribution in [0.3, 0.4) is 0 Å². The van der Waals surface area contributed by atoms with E-state index in [9.17, 15) is 4.39 Å². The Hall–Kier alpha value is -2.63. The standard InChI is InChI=1S/C19H20FN5/c1-2-15-17(20)19(23-12-22-15)25-10-7-13(8-11-25)16-6-5-14-4-3-9-21-18(14)24-16/h3-6,9,12-13H,2,7-8,10-11H2,1H3. The van der Waals surface area contributed by atoms with E-state index in [1.54, 1.807) is 6.20 Å². The highest BCUT2D eigenvalue weighted by Crippen LogP contribution is 2.30. The van der Waals surface area contributed by atoms with E-state index in [-0.39, 0.29) is 5.82 Å². The Bertz CT molecular complexity index is 890. The summed E-state index contributed by atoms with van der Waals surface area (Å²) in [5.41, 5.74) is 2.34. The van der Waals surface area contributed by atoms with E-state index in [1.807, 2.05) is 24.0 Å². The van der Waals surface area contributed by atoms with Crippen molar-refractivity contribution < 1.29 is 4.39 Å². The Balaban J connectivity index is 1.51. The Labute approximate surface area is 146 Å². The largest absolute Gasteiger partial charge is 0.354 e. The van der Waals surface area contributed by atoms with E-state index in [0.717, 1.165) is 42.7 Å². The summed E-state index contributed by atoms with van der Waals surface area (Å²) in [5.74, 6) is 0.521. The molecule has 5 nitrogen and oxygen atoms in total. The summed E-state index contributed by atoms with van der Waals surface area (Å²) in [7, 11) is 0. The minimum atomic E-state index is -0.281. The van der Waals surface area contributed by atoms with E-state index in [2.05, 4.69) is 27.1 Å². The van der Waals surface area contributed by atoms with Gasteiger partial charge in [-0.25, -0.2) is 24.3 Å². The molecule has 0 spiro atoms. The molecule has 6 heteroatoms. The highest BCUT2D eigenvalue weighted by molar-refractivity contribution is 5.74. The fraction of sp³-hybridized carbons (Fsp3) is 0.368. The van der Waals surface area contributed by atoms with Crippen LogP contribution in [0, 0.1) is 5.82 Å². The number of pyridine rings is 2. The molecule has 25 heavy (non-hydrogen) atoms. The molecule has 0 amide bonds. The highest BCUT2D eigenvalue weighted by Gasteiger charge is 2.25. The maximum atomic E-state index is 14.5. The molecule has 0 saturated carbocycles. The summed E-state index contributed by atoms with van der Waals surface area (Å²) in [6, 6.07) is 8.10. The van der Waals surface area contributed by atoms with E-state index < -0.39 is 0 Å². The van der Waals surface area contributed by atoms with Gasteiger partial charge in [0.15, 0.2) is 17.3 Å². The lowest BCUT2D eigenvalue weighted by Gasteiger charge is -2.32. The highest BCUT2D eigenvalue weighted by atomic mass is 19.1. The summed E-state index contributed by atoms with van der Waals surface area (Å²) in [4.78, 5) is 19.3. The van der Waals surface area contributed by atoms with Crippen molar-refractivity contribution in [3.8, 4) is 0 Å². The topological polar surface area (TPSA) is 54.8 Å². The first-order valence-corrected chi connectivity index (χ1v) is 8.72. The van der Waals surface area contributed by atoms with Gasteiger partial charge in [0.1, 0.15) is 6.33 Å². The predicted molar refractivity (Wildman–Crippen MR) is 95.1 cm³/mol. The molecule has 0 bridgehead atoms. The van der Waals surface area contributed by atoms with Gasteiger partial charge >= 0.3 is 0 Å². The lowest BCUT2D eigenvalue weighted by Crippen LogP contribution is -2.34. The van der Waals surface area contributed by atoms with Crippen molar-refractivity contribution >= 4 is 16.9 Å². The van der Waals surface area contributed by atoms with Gasteiger partial charge in [0.25, 0.3) is 0 Å². The maximum absolute atomic E-state index is 14.5. The van der Waals surface area contributed by atoms with E-state index >= 15 is 0 Å². The van der Waals surface area contributed by atoms with Crippen LogP contribution in [0.15, 0.2) is 36.8 Å². The number of nitrogens with zero attached hydrogens (tertiary/aromatic N) is 5. The van der Waals surface area contributed by atoms with Crippen molar-refractivity contribution in [3.05, 3.63) is 54.0 Å². The van der Waals surface area contributed by atoms with Gasteiger partial charge in [-0.15, -0.1) is 0 Å². The number of halogens is 1. The Morgan fingerprint density at radius 2 is 1.96 bits per heavy atom. The molecule has 0 radical (unpaired) electrons. The Kier molecular flexibility index (Phi) is 4.26. The van der Waals surface area contributed by atoms with Crippen LogP contribution in [0.5, 0.6) is 0 Å². The number of piperidine rings is 1. The van der Waals surface area contributed by atoms with Crippen molar-refractivity contribution in [3.63, 3.8) is 0 Å². The Morgan fingerprint density at radius 3 is 2.76 bits per heavy atom. The van der Waals surface area contributed by atoms with Crippen LogP contribution in [-0.2, 0) is 6.42 Å². The van der Waals surface area contributed by atoms with Crippen LogP contribution in [0.1, 0.15) is 37.1 Å². The Morgan fingerprint density at radius 1 is 1.12 bits per heavy atom. The number of hydrogen-bond donors (Lipinski definition) is 0. The minimum Gasteiger partial charge on any atom is -0.354 e. The number of aryl methyl sites for hydroxylation is 1. The van der Waals surface area contributed by atoms with E-state index in [4.69, 9.17) is 4.98 Å². The SMILES string of the molecule is CCc1ncnc(N2CCC(c3ccc4cccnc4n3)CC2)c1F. The van der Waals surface area contributed by atoms with Gasteiger partial charge in [-0.3, -0.25) is 0 Å². The smallest absolute Gasteiger partial charge is 0.187 e. The second-order valence-electron chi connectivity index (χ2n) is 6.36. The third-order valence-corrected chi connectivity index (χ3v) is 4.88. The van der Waals surface area contributed by atoms with E-state index in [1.165, 1.54) is 6.33 Å². The molecule has 4 rings (SSSR count). The molecular weight excluding hydrogens is 317 g/mol. The van der Waals surface area contributed by atoms with Crippen LogP contribution in [0.4, 0.5) is 10.2 Å². The first-order valence-electron chi connectivity index (χ1n) is 8.72. The molecule has 3 aromatic heterocycles. The van der Waals surface area contributed by atoms with Crippen molar-refractivity contribution in [1.29, 1.82) is 0 Å². The number of hydrogen-bond acceptors (Lipinski definition) is 5. The molecule has 0 aliphatic carbocycles. The minimum absolute atomic E-state index is 0.281. The number of fused-ring (bicyclic) bond motifs is 1. The van der Waals surface area contributed by atoms with Crippen LogP contribution >= 0.6 is 0 Å². The van der Waals surface area contributed by atoms with Gasteiger partial charge in [-0.2, -0.15) is 0 Å². The lowest BCUT2D eigenvalue weighted by molar-refractivity contribution is 0.483. The summed E-state index contributed by atoms with van der Waals surface area (Å²) >= 11 is 0. The van der Waals surface area contributed by atoms with Crippen molar-refractivity contribution in [2.75, 3.05) is 18.0 Å². The lowest BCUT2D eigenvalue weighted by atomic mass is 9.93. The van der Waals surface area contributed by atoms with Crippen LogP contribution in [-0.4, -0.2) is 33.0 Å². The molecule has 0 aromatic carbocycles. The molecule has 0 N–H and O–H groups in total. The van der Waals surface area contributed by atoms with Gasteiger partial charge in [0.05, 0.1) is 5.69 Å². The first kappa shape index (κ1) is 15.9. The number of aromatic nitrogens is 4. The summed E-state index contributed by atoms with van der Waals surface area (Å²) in [6.45, 7) is 3.44. The van der Waals surface area contributed by atoms with Crippen molar-refractivity contribution in [2.45, 2.75) is 32.1 Å². The molecule has 1 fully saturated rings. The first-order chi connectivity index (χ1) is 12.3. The molecule has 3 aromatic rings. The molecule has 1 aliphatic heterocycles. The third kappa shape index (κ3) is 3.04. The molecular formula is C19H20FN5. The van der Waals surface area contributed by atoms with E-state index in [0.29, 0.717) is 23.9 Å². The molecule has 0 atom stereocenters. The second kappa shape index (κ2) is 6.70. The van der Waals surface area contributed by atoms with Crippen LogP contribution in [0.25, 0.3) is 11.0 Å². The molecule has 1 aliphatic rings. The fourth-order valence-corrected chi connectivity index (χ4v) is 3.44. The summed E-state index contributed by atoms with van der Waals surface area (Å²) < 4.78 is 14.5.